The summed E-state index contributed by atoms with van der Waals surface area (Å²) in [6, 6.07) is 11.6. The zero-order valence-electron chi connectivity index (χ0n) is 22.1. The Labute approximate surface area is 231 Å². The van der Waals surface area contributed by atoms with Crippen molar-refractivity contribution in [3.8, 4) is 0 Å². The highest BCUT2D eigenvalue weighted by Crippen LogP contribution is 2.25. The fraction of sp³-hybridized carbons (Fsp3) is 0.481. The molecule has 1 N–H and O–H groups in total. The molecule has 0 aliphatic heterocycles. The largest absolute Gasteiger partial charge is 0.352 e. The van der Waals surface area contributed by atoms with Gasteiger partial charge in [0.25, 0.3) is 0 Å². The molecule has 2 unspecified atom stereocenters. The van der Waals surface area contributed by atoms with E-state index in [1.807, 2.05) is 33.8 Å². The number of aryl methyl sites for hydroxylation is 1. The first-order chi connectivity index (χ1) is 17.4. The van der Waals surface area contributed by atoms with E-state index in [2.05, 4.69) is 5.32 Å². The molecule has 0 aliphatic carbocycles. The number of hydrogen-bond acceptors (Lipinski definition) is 4. The molecule has 2 aromatic carbocycles. The van der Waals surface area contributed by atoms with Crippen LogP contribution in [0.5, 0.6) is 0 Å². The Bertz CT molecular complexity index is 1190. The molecule has 0 aliphatic rings. The van der Waals surface area contributed by atoms with Crippen LogP contribution < -0.4 is 9.62 Å². The lowest BCUT2D eigenvalue weighted by molar-refractivity contribution is -0.141. The highest BCUT2D eigenvalue weighted by atomic mass is 35.5. The molecule has 2 aromatic rings. The van der Waals surface area contributed by atoms with Gasteiger partial charge in [-0.15, -0.1) is 0 Å². The molecule has 2 rings (SSSR count). The van der Waals surface area contributed by atoms with Gasteiger partial charge in [0.1, 0.15) is 6.04 Å². The van der Waals surface area contributed by atoms with Gasteiger partial charge in [-0.2, -0.15) is 0 Å². The van der Waals surface area contributed by atoms with Crippen molar-refractivity contribution >= 4 is 50.7 Å². The van der Waals surface area contributed by atoms with Gasteiger partial charge in [0.2, 0.25) is 21.8 Å². The van der Waals surface area contributed by atoms with Crippen molar-refractivity contribution in [2.45, 2.75) is 72.0 Å². The monoisotopic (exact) mass is 569 g/mol. The minimum Gasteiger partial charge on any atom is -0.352 e. The molecule has 0 heterocycles. The lowest BCUT2D eigenvalue weighted by Gasteiger charge is -2.32. The Morgan fingerprint density at radius 2 is 1.73 bits per heavy atom. The van der Waals surface area contributed by atoms with Crippen LogP contribution in [-0.2, 0) is 26.2 Å². The Morgan fingerprint density at radius 1 is 1.03 bits per heavy atom. The number of hydrogen-bond donors (Lipinski definition) is 1. The van der Waals surface area contributed by atoms with Gasteiger partial charge < -0.3 is 10.2 Å². The highest BCUT2D eigenvalue weighted by molar-refractivity contribution is 7.92. The average molecular weight is 571 g/mol. The predicted molar refractivity (Wildman–Crippen MR) is 152 cm³/mol. The van der Waals surface area contributed by atoms with Crippen LogP contribution in [0.2, 0.25) is 10.0 Å². The summed E-state index contributed by atoms with van der Waals surface area (Å²) >= 11 is 12.3. The normalized spacial score (nSPS) is 13.1. The summed E-state index contributed by atoms with van der Waals surface area (Å²) < 4.78 is 26.3. The molecule has 0 radical (unpaired) electrons. The number of nitrogens with zero attached hydrogens (tertiary/aromatic N) is 2. The van der Waals surface area contributed by atoms with Crippen LogP contribution in [0.1, 0.15) is 57.6 Å². The van der Waals surface area contributed by atoms with Crippen molar-refractivity contribution in [1.29, 1.82) is 0 Å². The first-order valence-corrected chi connectivity index (χ1v) is 15.1. The number of amides is 2. The van der Waals surface area contributed by atoms with E-state index in [4.69, 9.17) is 23.2 Å². The number of nitrogens with one attached hydrogen (secondary N) is 1. The van der Waals surface area contributed by atoms with E-state index in [0.29, 0.717) is 28.6 Å². The third kappa shape index (κ3) is 9.20. The van der Waals surface area contributed by atoms with Crippen molar-refractivity contribution in [2.75, 3.05) is 17.1 Å². The van der Waals surface area contributed by atoms with Gasteiger partial charge in [0.15, 0.2) is 0 Å². The molecule has 37 heavy (non-hydrogen) atoms. The third-order valence-electron chi connectivity index (χ3n) is 6.17. The number of carbonyl (C=O) groups is 2. The maximum atomic E-state index is 13.5. The molecule has 0 saturated heterocycles. The lowest BCUT2D eigenvalue weighted by atomic mass is 10.1. The molecular formula is C27H37Cl2N3O4S. The molecule has 2 amide bonds. The molecule has 204 valence electrons. The van der Waals surface area contributed by atoms with Crippen LogP contribution in [0.15, 0.2) is 42.5 Å². The minimum absolute atomic E-state index is 0.0267. The standard InChI is InChI=1S/C27H37Cl2N3O4S/c1-6-20(4)30-27(34)25(7-2)31(18-21-13-14-23(28)24(29)17-21)26(33)12-9-15-32(37(5,35)36)22-11-8-10-19(3)16-22/h8,10-11,13-14,16-17,20,25H,6-7,9,12,15,18H2,1-5H3,(H,30,34). The second-order valence-corrected chi connectivity index (χ2v) is 12.0. The Kier molecular flexibility index (Phi) is 11.7. The van der Waals surface area contributed by atoms with E-state index in [0.717, 1.165) is 23.8 Å². The second-order valence-electron chi connectivity index (χ2n) is 9.29. The molecule has 0 bridgehead atoms. The number of anilines is 1. The Morgan fingerprint density at radius 3 is 2.30 bits per heavy atom. The first kappa shape index (κ1) is 30.9. The fourth-order valence-electron chi connectivity index (χ4n) is 3.98. The molecule has 0 aromatic heterocycles. The zero-order chi connectivity index (χ0) is 27.8. The summed E-state index contributed by atoms with van der Waals surface area (Å²) in [6.07, 6.45) is 2.71. The van der Waals surface area contributed by atoms with Gasteiger partial charge in [-0.25, -0.2) is 8.42 Å². The summed E-state index contributed by atoms with van der Waals surface area (Å²) in [7, 11) is -3.54. The molecule has 2 atom stereocenters. The molecule has 10 heteroatoms. The molecule has 0 fully saturated rings. The van der Waals surface area contributed by atoms with Crippen molar-refractivity contribution in [1.82, 2.24) is 10.2 Å². The van der Waals surface area contributed by atoms with Gasteiger partial charge in [0, 0.05) is 25.6 Å². The van der Waals surface area contributed by atoms with E-state index in [-0.39, 0.29) is 37.4 Å². The van der Waals surface area contributed by atoms with Gasteiger partial charge in [0.05, 0.1) is 22.0 Å². The van der Waals surface area contributed by atoms with E-state index >= 15 is 0 Å². The van der Waals surface area contributed by atoms with E-state index in [1.54, 1.807) is 41.3 Å². The number of carbonyl (C=O) groups excluding carboxylic acids is 2. The summed E-state index contributed by atoms with van der Waals surface area (Å²) in [4.78, 5) is 28.1. The number of halogens is 2. The van der Waals surface area contributed by atoms with Crippen LogP contribution in [0.4, 0.5) is 5.69 Å². The number of rotatable bonds is 13. The van der Waals surface area contributed by atoms with Crippen LogP contribution in [0, 0.1) is 6.92 Å². The van der Waals surface area contributed by atoms with Crippen molar-refractivity contribution < 1.29 is 18.0 Å². The first-order valence-electron chi connectivity index (χ1n) is 12.5. The second kappa shape index (κ2) is 14.0. The van der Waals surface area contributed by atoms with Crippen LogP contribution in [-0.4, -0.2) is 50.0 Å². The van der Waals surface area contributed by atoms with E-state index in [9.17, 15) is 18.0 Å². The maximum Gasteiger partial charge on any atom is 0.243 e. The van der Waals surface area contributed by atoms with Gasteiger partial charge in [-0.05, 0) is 68.5 Å². The molecular weight excluding hydrogens is 533 g/mol. The SMILES string of the molecule is CCC(C)NC(=O)C(CC)N(Cc1ccc(Cl)c(Cl)c1)C(=O)CCCN(c1cccc(C)c1)S(C)(=O)=O. The van der Waals surface area contributed by atoms with Crippen LogP contribution >= 0.6 is 23.2 Å². The molecule has 0 saturated carbocycles. The zero-order valence-corrected chi connectivity index (χ0v) is 24.5. The van der Waals surface area contributed by atoms with Crippen LogP contribution in [0.3, 0.4) is 0 Å². The van der Waals surface area contributed by atoms with Gasteiger partial charge >= 0.3 is 0 Å². The number of benzene rings is 2. The van der Waals surface area contributed by atoms with Crippen molar-refractivity contribution in [2.24, 2.45) is 0 Å². The fourth-order valence-corrected chi connectivity index (χ4v) is 5.26. The Hall–Kier alpha value is -2.29. The molecule has 0 spiro atoms. The number of sulfonamides is 1. The minimum atomic E-state index is -3.54. The van der Waals surface area contributed by atoms with E-state index in [1.165, 1.54) is 4.31 Å². The lowest BCUT2D eigenvalue weighted by Crippen LogP contribution is -2.50. The highest BCUT2D eigenvalue weighted by Gasteiger charge is 2.29. The van der Waals surface area contributed by atoms with Gasteiger partial charge in [-0.1, -0.05) is 55.2 Å². The van der Waals surface area contributed by atoms with Crippen molar-refractivity contribution in [3.63, 3.8) is 0 Å². The topological polar surface area (TPSA) is 86.8 Å². The average Bonchev–Trinajstić information content (AvgIpc) is 2.82. The Balaban J connectivity index is 2.25. The predicted octanol–water partition coefficient (Wildman–Crippen LogP) is 5.57. The van der Waals surface area contributed by atoms with E-state index < -0.39 is 16.1 Å². The summed E-state index contributed by atoms with van der Waals surface area (Å²) in [5, 5.41) is 3.75. The summed E-state index contributed by atoms with van der Waals surface area (Å²) in [5.74, 6) is -0.460. The quantitative estimate of drug-likeness (QED) is 0.341. The third-order valence-corrected chi connectivity index (χ3v) is 8.10. The van der Waals surface area contributed by atoms with Gasteiger partial charge in [-0.3, -0.25) is 13.9 Å². The van der Waals surface area contributed by atoms with Crippen molar-refractivity contribution in [3.05, 3.63) is 63.6 Å². The van der Waals surface area contributed by atoms with Crippen LogP contribution in [0.25, 0.3) is 0 Å². The summed E-state index contributed by atoms with van der Waals surface area (Å²) in [5.41, 5.74) is 2.24. The maximum absolute atomic E-state index is 13.5. The summed E-state index contributed by atoms with van der Waals surface area (Å²) in [6.45, 7) is 7.97. The molecule has 7 nitrogen and oxygen atoms in total. The smallest absolute Gasteiger partial charge is 0.243 e.